The molecule has 0 radical (unpaired) electrons. The van der Waals surface area contributed by atoms with E-state index in [9.17, 15) is 14.4 Å². The second kappa shape index (κ2) is 53.3. The third-order valence-electron chi connectivity index (χ3n) is 14.2. The first-order valence-electron chi connectivity index (χ1n) is 34.6. The average Bonchev–Trinajstić information content (AvgIpc) is 0.855. The number of hydrogen-bond donors (Lipinski definition) is 0. The number of carbonyl (C=O) groups is 3. The molecule has 0 bridgehead atoms. The standard InChI is InChI=1S/C15H12ClNO.C15H14ClNO.C14H12ClN.C12H14ClNO2.C12H16ClN.C11H12ClNO.C9H10ClN/c1-11(18)13-8-5-9-14(10-13)17-15(16)12-6-3-2-4-7-12;1-18-14-9-7-13(8-10-14)15(16)17-11-12-5-3-2-4-6-12;15-14(13-9-5-2-6-10-13)16-11-12-7-3-1-4-8-12;1-3-11(13)14-10-7-5-9(6-8-10)12(15)16-4-2;1-10(2)8-12(13)14-9-11-6-4-3-5-7-11;1-3-11(12)13-10-6-4-5-9(7-10)8(2)14;1-2-9(10)11-8-6-4-3-5-7-8/h2-10H,1H3;2-10H,11H2,1H3;1-10H,11H2;5-8H,3-4H2,1-2H3;3-7,10H,8-9H2,1-2H3;4-7H,3H2,1-2H3;3-7H,2H2,1H3. The van der Waals surface area contributed by atoms with Crippen LogP contribution in [0, 0.1) is 5.92 Å². The predicted molar refractivity (Wildman–Crippen MR) is 457 cm³/mol. The highest BCUT2D eigenvalue weighted by Gasteiger charge is 2.08. The Hall–Kier alpha value is -9.47. The smallest absolute Gasteiger partial charge is 0.338 e. The van der Waals surface area contributed by atoms with E-state index in [0.29, 0.717) is 98.4 Å². The van der Waals surface area contributed by atoms with Crippen molar-refractivity contribution in [2.24, 2.45) is 40.9 Å². The van der Waals surface area contributed by atoms with E-state index < -0.39 is 0 Å². The molecule has 0 N–H and O–H groups in total. The van der Waals surface area contributed by atoms with Crippen LogP contribution in [0.1, 0.15) is 146 Å². The van der Waals surface area contributed by atoms with E-state index in [1.54, 1.807) is 74.7 Å². The summed E-state index contributed by atoms with van der Waals surface area (Å²) in [5.41, 5.74) is 11.1. The molecule has 0 aliphatic heterocycles. The van der Waals surface area contributed by atoms with E-state index in [4.69, 9.17) is 90.7 Å². The van der Waals surface area contributed by atoms with Crippen LogP contribution in [0.4, 0.5) is 22.7 Å². The van der Waals surface area contributed by atoms with Crippen molar-refractivity contribution in [2.45, 2.75) is 101 Å². The molecule has 12 nitrogen and oxygen atoms in total. The fraction of sp³-hybridized carbons (Fsp3) is 0.205. The van der Waals surface area contributed by atoms with Gasteiger partial charge in [0, 0.05) is 34.2 Å². The number of ether oxygens (including phenoxy) is 2. The van der Waals surface area contributed by atoms with Crippen molar-refractivity contribution in [1.29, 1.82) is 0 Å². The maximum Gasteiger partial charge on any atom is 0.338 e. The Balaban J connectivity index is 0.000000265. The number of benzene rings is 10. The normalized spacial score (nSPS) is 11.5. The van der Waals surface area contributed by atoms with Crippen LogP contribution in [-0.4, -0.2) is 67.4 Å². The summed E-state index contributed by atoms with van der Waals surface area (Å²) in [5, 5.41) is 3.96. The van der Waals surface area contributed by atoms with Crippen molar-refractivity contribution in [3.8, 4) is 5.75 Å². The number of esters is 1. The highest BCUT2D eigenvalue weighted by atomic mass is 35.5. The second-order valence-electron chi connectivity index (χ2n) is 23.2. The van der Waals surface area contributed by atoms with Crippen molar-refractivity contribution in [3.63, 3.8) is 0 Å². The summed E-state index contributed by atoms with van der Waals surface area (Å²) in [4.78, 5) is 63.5. The SMILES string of the molecule is CC(=O)c1cccc(N=C(Cl)c2ccccc2)c1.CC(C)CC(Cl)=NCc1ccccc1.CCC(Cl)=Nc1cccc(C(C)=O)c1.CCC(Cl)=Nc1ccccc1.CCOC(=O)c1ccc(N=C(Cl)CC)cc1.COc1ccc(C(Cl)=NCc2ccccc2)cc1.ClC(=NCc1ccccc1)c1ccccc1. The number of hydrogen-bond acceptors (Lipinski definition) is 12. The van der Waals surface area contributed by atoms with Gasteiger partial charge in [0.15, 0.2) is 11.6 Å². The fourth-order valence-corrected chi connectivity index (χ4v) is 9.78. The topological polar surface area (TPSA) is 156 Å². The molecule has 0 aromatic heterocycles. The molecule has 10 aromatic rings. The van der Waals surface area contributed by atoms with Crippen LogP contribution >= 0.6 is 81.2 Å². The van der Waals surface area contributed by atoms with E-state index in [-0.39, 0.29) is 17.5 Å². The minimum Gasteiger partial charge on any atom is -0.497 e. The van der Waals surface area contributed by atoms with Gasteiger partial charge in [0.05, 0.1) is 61.7 Å². The highest BCUT2D eigenvalue weighted by molar-refractivity contribution is 6.70. The van der Waals surface area contributed by atoms with Crippen molar-refractivity contribution in [3.05, 3.63) is 329 Å². The Labute approximate surface area is 666 Å². The molecule has 0 saturated carbocycles. The van der Waals surface area contributed by atoms with E-state index in [1.807, 2.05) is 227 Å². The molecule has 0 atom stereocenters. The van der Waals surface area contributed by atoms with Crippen LogP contribution in [0.3, 0.4) is 0 Å². The summed E-state index contributed by atoms with van der Waals surface area (Å²) in [5.74, 6) is 1.12. The van der Waals surface area contributed by atoms with Crippen LogP contribution in [0.15, 0.2) is 314 Å². The number of rotatable bonds is 23. The minimum absolute atomic E-state index is 0.0166. The summed E-state index contributed by atoms with van der Waals surface area (Å²) in [7, 11) is 1.64. The molecule has 10 aromatic carbocycles. The van der Waals surface area contributed by atoms with E-state index in [1.165, 1.54) is 19.4 Å². The van der Waals surface area contributed by atoms with Gasteiger partial charge >= 0.3 is 5.97 Å². The lowest BCUT2D eigenvalue weighted by atomic mass is 10.1. The average molecular weight is 1570 g/mol. The monoisotopic (exact) mass is 1570 g/mol. The number of halogens is 7. The van der Waals surface area contributed by atoms with Gasteiger partial charge in [0.25, 0.3) is 0 Å². The number of methoxy groups -OCH3 is 1. The maximum atomic E-state index is 11.4. The van der Waals surface area contributed by atoms with Crippen LogP contribution in [0.2, 0.25) is 0 Å². The molecule has 107 heavy (non-hydrogen) atoms. The maximum absolute atomic E-state index is 11.4. The lowest BCUT2D eigenvalue weighted by Crippen LogP contribution is -2.03. The van der Waals surface area contributed by atoms with Gasteiger partial charge in [-0.3, -0.25) is 24.6 Å². The number of Topliss-reactive ketones (excluding diaryl/α,β-unsaturated/α-hetero) is 2. The van der Waals surface area contributed by atoms with Gasteiger partial charge in [0.1, 0.15) is 41.9 Å². The minimum atomic E-state index is -0.320. The number of aliphatic imine (C=N–C) groups is 7. The first-order chi connectivity index (χ1) is 51.6. The van der Waals surface area contributed by atoms with Crippen LogP contribution in [0.25, 0.3) is 0 Å². The lowest BCUT2D eigenvalue weighted by Gasteiger charge is -2.02. The van der Waals surface area contributed by atoms with Gasteiger partial charge in [-0.05, 0) is 148 Å². The molecule has 0 saturated heterocycles. The van der Waals surface area contributed by atoms with Crippen LogP contribution in [0.5, 0.6) is 5.75 Å². The summed E-state index contributed by atoms with van der Waals surface area (Å²) in [6, 6.07) is 87.8. The quantitative estimate of drug-likeness (QED) is 0.0354. The highest BCUT2D eigenvalue weighted by Crippen LogP contribution is 2.21. The Morgan fingerprint density at radius 3 is 1.03 bits per heavy atom. The zero-order chi connectivity index (χ0) is 78.0. The zero-order valence-corrected chi connectivity index (χ0v) is 66.9. The molecule has 556 valence electrons. The zero-order valence-electron chi connectivity index (χ0n) is 61.6. The molecule has 0 spiro atoms. The Morgan fingerprint density at radius 1 is 0.336 bits per heavy atom. The van der Waals surface area contributed by atoms with E-state index in [2.05, 4.69) is 60.9 Å². The number of para-hydroxylation sites is 1. The summed E-state index contributed by atoms with van der Waals surface area (Å²) in [6.07, 6.45) is 3.05. The second-order valence-corrected chi connectivity index (χ2v) is 26.0. The lowest BCUT2D eigenvalue weighted by molar-refractivity contribution is 0.0526. The van der Waals surface area contributed by atoms with Gasteiger partial charge in [-0.15, -0.1) is 0 Å². The predicted octanol–water partition coefficient (Wildman–Crippen LogP) is 26.3. The van der Waals surface area contributed by atoms with Crippen LogP contribution < -0.4 is 4.74 Å². The molecule has 0 heterocycles. The third kappa shape index (κ3) is 39.1. The Morgan fingerprint density at radius 2 is 0.654 bits per heavy atom. The Kier molecular flexibility index (Phi) is 44.8. The summed E-state index contributed by atoms with van der Waals surface area (Å²) < 4.78 is 9.96. The van der Waals surface area contributed by atoms with Gasteiger partial charge in [-0.1, -0.05) is 310 Å². The Bertz CT molecular complexity index is 4450. The van der Waals surface area contributed by atoms with Crippen molar-refractivity contribution in [1.82, 2.24) is 0 Å². The van der Waals surface area contributed by atoms with Crippen LogP contribution in [-0.2, 0) is 24.4 Å². The first kappa shape index (κ1) is 89.9. The number of nitrogens with zero attached hydrogens (tertiary/aromatic N) is 7. The van der Waals surface area contributed by atoms with Crippen molar-refractivity contribution < 1.29 is 23.9 Å². The van der Waals surface area contributed by atoms with Crippen molar-refractivity contribution in [2.75, 3.05) is 13.7 Å². The fourth-order valence-electron chi connectivity index (χ4n) is 8.53. The third-order valence-corrected chi connectivity index (χ3v) is 16.5. The van der Waals surface area contributed by atoms with Gasteiger partial charge < -0.3 is 9.47 Å². The van der Waals surface area contributed by atoms with Gasteiger partial charge in [-0.25, -0.2) is 24.8 Å². The molecule has 19 heteroatoms. The summed E-state index contributed by atoms with van der Waals surface area (Å²) >= 11 is 41.7. The molecular weight excluding hydrogens is 1480 g/mol. The number of ketones is 2. The molecule has 0 aliphatic carbocycles. The molecule has 10 rings (SSSR count). The largest absolute Gasteiger partial charge is 0.497 e. The van der Waals surface area contributed by atoms with E-state index in [0.717, 1.165) is 68.6 Å². The summed E-state index contributed by atoms with van der Waals surface area (Å²) in [6.45, 7) is 17.2. The van der Waals surface area contributed by atoms with Gasteiger partial charge in [0.2, 0.25) is 0 Å². The number of carbonyl (C=O) groups excluding carboxylic acids is 3. The van der Waals surface area contributed by atoms with E-state index >= 15 is 0 Å². The molecule has 0 fully saturated rings. The van der Waals surface area contributed by atoms with Gasteiger partial charge in [-0.2, -0.15) is 0 Å². The van der Waals surface area contributed by atoms with Crippen molar-refractivity contribution >= 4 is 158 Å². The molecule has 0 aliphatic rings. The molecule has 0 unspecified atom stereocenters. The molecule has 0 amide bonds. The molecular formula is C88H90Cl7N7O5. The first-order valence-corrected chi connectivity index (χ1v) is 37.2.